The molecule has 3 nitrogen and oxygen atoms in total. The lowest BCUT2D eigenvalue weighted by atomic mass is 10.1. The molecule has 126 valence electrons. The highest BCUT2D eigenvalue weighted by Crippen LogP contribution is 2.09. The normalized spacial score (nSPS) is 14.5. The maximum absolute atomic E-state index is 5.37. The molecule has 2 aromatic carbocycles. The number of benzene rings is 2. The zero-order chi connectivity index (χ0) is 16.8. The second-order valence-electron chi connectivity index (χ2n) is 6.63. The Bertz CT molecular complexity index is 676. The number of hydrogen-bond acceptors (Lipinski definition) is 1. The smallest absolute Gasteiger partial charge is 0.171 e. The van der Waals surface area contributed by atoms with Crippen LogP contribution in [0.15, 0.2) is 48.5 Å². The molecule has 4 heteroatoms. The number of likely N-dealkylation sites (tertiary alicyclic amines) is 1. The molecule has 0 unspecified atom stereocenters. The van der Waals surface area contributed by atoms with Crippen LogP contribution in [0.25, 0.3) is 0 Å². The van der Waals surface area contributed by atoms with Crippen molar-refractivity contribution in [3.05, 3.63) is 65.2 Å². The summed E-state index contributed by atoms with van der Waals surface area (Å²) in [4.78, 5) is 1.71. The molecule has 0 aromatic heterocycles. The van der Waals surface area contributed by atoms with Crippen LogP contribution in [-0.2, 0) is 13.1 Å². The van der Waals surface area contributed by atoms with Gasteiger partial charge in [0.15, 0.2) is 5.11 Å². The Morgan fingerprint density at radius 3 is 2.46 bits per heavy atom. The average molecular weight is 341 g/mol. The predicted molar refractivity (Wildman–Crippen MR) is 104 cm³/mol. The number of aryl methyl sites for hydroxylation is 1. The van der Waals surface area contributed by atoms with Crippen molar-refractivity contribution in [3.8, 4) is 0 Å². The van der Waals surface area contributed by atoms with Gasteiger partial charge in [-0.2, -0.15) is 0 Å². The van der Waals surface area contributed by atoms with Crippen LogP contribution in [-0.4, -0.2) is 18.2 Å². The van der Waals surface area contributed by atoms with Crippen molar-refractivity contribution >= 4 is 23.0 Å². The maximum atomic E-state index is 5.37. The Balaban J connectivity index is 1.46. The zero-order valence-corrected chi connectivity index (χ0v) is 15.1. The van der Waals surface area contributed by atoms with Gasteiger partial charge in [-0.25, -0.2) is 0 Å². The summed E-state index contributed by atoms with van der Waals surface area (Å²) in [5, 5.41) is 7.16. The SMILES string of the molecule is Cc1cccc(NC(=S)NCc2ccc(C[NH+]3CCCC3)cc2)c1. The third-order valence-electron chi connectivity index (χ3n) is 4.52. The van der Waals surface area contributed by atoms with Crippen molar-refractivity contribution in [1.29, 1.82) is 0 Å². The van der Waals surface area contributed by atoms with Crippen molar-refractivity contribution in [1.82, 2.24) is 5.32 Å². The third kappa shape index (κ3) is 5.05. The van der Waals surface area contributed by atoms with Crippen LogP contribution in [0.5, 0.6) is 0 Å². The third-order valence-corrected chi connectivity index (χ3v) is 4.76. The largest absolute Gasteiger partial charge is 0.358 e. The lowest BCUT2D eigenvalue weighted by Crippen LogP contribution is -3.08. The molecule has 3 rings (SSSR count). The number of anilines is 1. The van der Waals surface area contributed by atoms with Crippen LogP contribution in [0.1, 0.15) is 29.5 Å². The summed E-state index contributed by atoms with van der Waals surface area (Å²) in [5.41, 5.74) is 4.93. The van der Waals surface area contributed by atoms with E-state index in [9.17, 15) is 0 Å². The van der Waals surface area contributed by atoms with Gasteiger partial charge in [-0.05, 0) is 42.4 Å². The number of hydrogen-bond donors (Lipinski definition) is 3. The van der Waals surface area contributed by atoms with E-state index in [0.29, 0.717) is 5.11 Å². The quantitative estimate of drug-likeness (QED) is 0.731. The highest BCUT2D eigenvalue weighted by atomic mass is 32.1. The lowest BCUT2D eigenvalue weighted by Gasteiger charge is -2.13. The van der Waals surface area contributed by atoms with Gasteiger partial charge in [0.25, 0.3) is 0 Å². The van der Waals surface area contributed by atoms with E-state index in [2.05, 4.69) is 54.0 Å². The fraction of sp³-hybridized carbons (Fsp3) is 0.350. The Labute approximate surface area is 150 Å². The summed E-state index contributed by atoms with van der Waals surface area (Å²) >= 11 is 5.37. The summed E-state index contributed by atoms with van der Waals surface area (Å²) in [7, 11) is 0. The van der Waals surface area contributed by atoms with Gasteiger partial charge in [0.2, 0.25) is 0 Å². The summed E-state index contributed by atoms with van der Waals surface area (Å²) in [6, 6.07) is 17.1. The van der Waals surface area contributed by atoms with Gasteiger partial charge >= 0.3 is 0 Å². The van der Waals surface area contributed by atoms with E-state index in [-0.39, 0.29) is 0 Å². The highest BCUT2D eigenvalue weighted by molar-refractivity contribution is 7.80. The molecule has 1 aliphatic heterocycles. The maximum Gasteiger partial charge on any atom is 0.171 e. The summed E-state index contributed by atoms with van der Waals surface area (Å²) in [6.07, 6.45) is 2.76. The number of thiocarbonyl (C=S) groups is 1. The average Bonchev–Trinajstić information content (AvgIpc) is 3.07. The monoisotopic (exact) mass is 340 g/mol. The van der Waals surface area contributed by atoms with Crippen molar-refractivity contribution in [2.75, 3.05) is 18.4 Å². The number of rotatable bonds is 5. The zero-order valence-electron chi connectivity index (χ0n) is 14.3. The molecule has 0 saturated carbocycles. The fourth-order valence-corrected chi connectivity index (χ4v) is 3.39. The fourth-order valence-electron chi connectivity index (χ4n) is 3.20. The summed E-state index contributed by atoms with van der Waals surface area (Å²) in [6.45, 7) is 6.62. The second-order valence-corrected chi connectivity index (χ2v) is 7.04. The van der Waals surface area contributed by atoms with Crippen LogP contribution in [0.3, 0.4) is 0 Å². The molecule has 1 aliphatic rings. The molecule has 1 fully saturated rings. The van der Waals surface area contributed by atoms with Gasteiger partial charge in [0, 0.05) is 30.6 Å². The number of nitrogens with one attached hydrogen (secondary N) is 3. The molecule has 0 radical (unpaired) electrons. The van der Waals surface area contributed by atoms with Crippen molar-refractivity contribution in [3.63, 3.8) is 0 Å². The van der Waals surface area contributed by atoms with E-state index < -0.39 is 0 Å². The first-order valence-corrected chi connectivity index (χ1v) is 9.13. The van der Waals surface area contributed by atoms with E-state index >= 15 is 0 Å². The Morgan fingerprint density at radius 1 is 1.04 bits per heavy atom. The van der Waals surface area contributed by atoms with Gasteiger partial charge in [0.1, 0.15) is 6.54 Å². The van der Waals surface area contributed by atoms with Crippen molar-refractivity contribution in [2.45, 2.75) is 32.9 Å². The molecule has 1 saturated heterocycles. The van der Waals surface area contributed by atoms with Gasteiger partial charge < -0.3 is 15.5 Å². The topological polar surface area (TPSA) is 28.5 Å². The Hall–Kier alpha value is -1.91. The van der Waals surface area contributed by atoms with E-state index in [1.807, 2.05) is 12.1 Å². The van der Waals surface area contributed by atoms with Gasteiger partial charge in [-0.3, -0.25) is 0 Å². The molecule has 0 spiro atoms. The summed E-state index contributed by atoms with van der Waals surface area (Å²) in [5.74, 6) is 0. The predicted octanol–water partition coefficient (Wildman–Crippen LogP) is 2.66. The molecular formula is C20H26N3S+. The van der Waals surface area contributed by atoms with Crippen LogP contribution in [0, 0.1) is 6.92 Å². The van der Waals surface area contributed by atoms with Crippen LogP contribution in [0.4, 0.5) is 5.69 Å². The molecular weight excluding hydrogens is 314 g/mol. The van der Waals surface area contributed by atoms with Crippen LogP contribution in [0.2, 0.25) is 0 Å². The minimum Gasteiger partial charge on any atom is -0.358 e. The Kier molecular flexibility index (Phi) is 5.83. The van der Waals surface area contributed by atoms with E-state index in [1.165, 1.54) is 42.6 Å². The van der Waals surface area contributed by atoms with Gasteiger partial charge in [0.05, 0.1) is 13.1 Å². The van der Waals surface area contributed by atoms with Crippen molar-refractivity contribution in [2.24, 2.45) is 0 Å². The van der Waals surface area contributed by atoms with Gasteiger partial charge in [-0.15, -0.1) is 0 Å². The molecule has 0 aliphatic carbocycles. The van der Waals surface area contributed by atoms with E-state index in [4.69, 9.17) is 12.2 Å². The molecule has 2 aromatic rings. The lowest BCUT2D eigenvalue weighted by molar-refractivity contribution is -0.901. The van der Waals surface area contributed by atoms with E-state index in [1.54, 1.807) is 4.90 Å². The van der Waals surface area contributed by atoms with Crippen LogP contribution >= 0.6 is 12.2 Å². The first-order chi connectivity index (χ1) is 11.7. The highest BCUT2D eigenvalue weighted by Gasteiger charge is 2.15. The first kappa shape index (κ1) is 16.9. The molecule has 3 N–H and O–H groups in total. The molecule has 0 amide bonds. The van der Waals surface area contributed by atoms with E-state index in [0.717, 1.165) is 18.8 Å². The molecule has 24 heavy (non-hydrogen) atoms. The summed E-state index contributed by atoms with van der Waals surface area (Å²) < 4.78 is 0. The minimum atomic E-state index is 0.659. The standard InChI is InChI=1S/C20H25N3S/c1-16-5-4-6-19(13-16)22-20(24)21-14-17-7-9-18(10-8-17)15-23-11-2-3-12-23/h4-10,13H,2-3,11-12,14-15H2,1H3,(H2,21,22,24)/p+1. The second kappa shape index (κ2) is 8.27. The minimum absolute atomic E-state index is 0.659. The van der Waals surface area contributed by atoms with Gasteiger partial charge in [-0.1, -0.05) is 36.4 Å². The van der Waals surface area contributed by atoms with Crippen LogP contribution < -0.4 is 15.5 Å². The molecule has 0 atom stereocenters. The molecule has 0 bridgehead atoms. The molecule has 1 heterocycles. The first-order valence-electron chi connectivity index (χ1n) is 8.72. The Morgan fingerprint density at radius 2 is 1.75 bits per heavy atom. The van der Waals surface area contributed by atoms with Crippen molar-refractivity contribution < 1.29 is 4.90 Å². The number of quaternary nitrogens is 1.